The van der Waals surface area contributed by atoms with Crippen LogP contribution in [0.3, 0.4) is 0 Å². The number of aromatic hydroxyl groups is 1. The van der Waals surface area contributed by atoms with E-state index in [1.54, 1.807) is 6.07 Å². The molecule has 2 heteroatoms. The maximum Gasteiger partial charge on any atom is 0.119 e. The molecule has 2 nitrogen and oxygen atoms in total. The van der Waals surface area contributed by atoms with E-state index >= 15 is 0 Å². The molecule has 1 aliphatic carbocycles. The summed E-state index contributed by atoms with van der Waals surface area (Å²) in [6.07, 6.45) is 3.13. The van der Waals surface area contributed by atoms with Gasteiger partial charge < -0.3 is 10.8 Å². The molecule has 0 amide bonds. The van der Waals surface area contributed by atoms with Crippen LogP contribution in [0.4, 0.5) is 0 Å². The lowest BCUT2D eigenvalue weighted by Gasteiger charge is -2.49. The van der Waals surface area contributed by atoms with Gasteiger partial charge in [0, 0.05) is 11.0 Å². The highest BCUT2D eigenvalue weighted by molar-refractivity contribution is 5.47. The Balaban J connectivity index is 2.62. The minimum absolute atomic E-state index is 0.0271. The predicted molar refractivity (Wildman–Crippen MR) is 71.2 cm³/mol. The third-order valence-electron chi connectivity index (χ3n) is 4.84. The molecule has 0 heterocycles. The van der Waals surface area contributed by atoms with Crippen LogP contribution in [0.1, 0.15) is 44.7 Å². The quantitative estimate of drug-likeness (QED) is 0.825. The third-order valence-corrected chi connectivity index (χ3v) is 4.84. The van der Waals surface area contributed by atoms with Crippen LogP contribution in [-0.2, 0) is 11.8 Å². The SMILES string of the molecule is CC1(C)CCc2cccc(O)c2C1(C)CCN. The number of fused-ring (bicyclic) bond motifs is 1. The van der Waals surface area contributed by atoms with Crippen LogP contribution in [0.5, 0.6) is 5.75 Å². The number of nitrogens with two attached hydrogens (primary N) is 1. The summed E-state index contributed by atoms with van der Waals surface area (Å²) in [5.74, 6) is 0.436. The van der Waals surface area contributed by atoms with Crippen molar-refractivity contribution in [2.24, 2.45) is 11.1 Å². The van der Waals surface area contributed by atoms with Gasteiger partial charge in [0.25, 0.3) is 0 Å². The number of aryl methyl sites for hydroxylation is 1. The highest BCUT2D eigenvalue weighted by Gasteiger charge is 2.46. The molecule has 0 radical (unpaired) electrons. The van der Waals surface area contributed by atoms with Crippen LogP contribution in [0.2, 0.25) is 0 Å². The molecule has 1 unspecified atom stereocenters. The third kappa shape index (κ3) is 1.75. The Bertz CT molecular complexity index is 425. The molecule has 94 valence electrons. The van der Waals surface area contributed by atoms with Gasteiger partial charge in [0.2, 0.25) is 0 Å². The van der Waals surface area contributed by atoms with Crippen LogP contribution < -0.4 is 5.73 Å². The fourth-order valence-electron chi connectivity index (χ4n) is 3.25. The number of hydrogen-bond donors (Lipinski definition) is 2. The van der Waals surface area contributed by atoms with Crippen LogP contribution in [0.15, 0.2) is 18.2 Å². The molecule has 17 heavy (non-hydrogen) atoms. The summed E-state index contributed by atoms with van der Waals surface area (Å²) in [5.41, 5.74) is 8.36. The van der Waals surface area contributed by atoms with Crippen molar-refractivity contribution in [1.29, 1.82) is 0 Å². The van der Waals surface area contributed by atoms with E-state index in [0.29, 0.717) is 12.3 Å². The fourth-order valence-corrected chi connectivity index (χ4v) is 3.25. The fraction of sp³-hybridized carbons (Fsp3) is 0.600. The Hall–Kier alpha value is -1.02. The lowest BCUT2D eigenvalue weighted by molar-refractivity contribution is 0.135. The first-order valence-electron chi connectivity index (χ1n) is 6.44. The van der Waals surface area contributed by atoms with E-state index in [9.17, 15) is 5.11 Å². The summed E-state index contributed by atoms with van der Waals surface area (Å²) in [6, 6.07) is 5.88. The Morgan fingerprint density at radius 3 is 2.65 bits per heavy atom. The van der Waals surface area contributed by atoms with Gasteiger partial charge in [0.05, 0.1) is 0 Å². The van der Waals surface area contributed by atoms with Crippen molar-refractivity contribution in [3.8, 4) is 5.75 Å². The molecular formula is C15H23NO. The van der Waals surface area contributed by atoms with Crippen LogP contribution in [0.25, 0.3) is 0 Å². The Morgan fingerprint density at radius 2 is 2.00 bits per heavy atom. The summed E-state index contributed by atoms with van der Waals surface area (Å²) in [7, 11) is 0. The van der Waals surface area contributed by atoms with Crippen molar-refractivity contribution < 1.29 is 5.11 Å². The molecule has 1 atom stereocenters. The largest absolute Gasteiger partial charge is 0.508 e. The summed E-state index contributed by atoms with van der Waals surface area (Å²) < 4.78 is 0. The van der Waals surface area contributed by atoms with Gasteiger partial charge in [-0.3, -0.25) is 0 Å². The zero-order valence-electron chi connectivity index (χ0n) is 11.1. The van der Waals surface area contributed by atoms with E-state index < -0.39 is 0 Å². The first kappa shape index (κ1) is 12.4. The van der Waals surface area contributed by atoms with Crippen LogP contribution in [-0.4, -0.2) is 11.7 Å². The van der Waals surface area contributed by atoms with Gasteiger partial charge in [0.1, 0.15) is 5.75 Å². The zero-order valence-corrected chi connectivity index (χ0v) is 11.1. The van der Waals surface area contributed by atoms with Crippen molar-refractivity contribution in [1.82, 2.24) is 0 Å². The summed E-state index contributed by atoms with van der Waals surface area (Å²) in [4.78, 5) is 0. The van der Waals surface area contributed by atoms with E-state index in [1.807, 2.05) is 6.07 Å². The van der Waals surface area contributed by atoms with Crippen molar-refractivity contribution >= 4 is 0 Å². The Kier molecular flexibility index (Phi) is 2.94. The maximum atomic E-state index is 10.2. The Morgan fingerprint density at radius 1 is 1.29 bits per heavy atom. The average molecular weight is 233 g/mol. The molecule has 0 aliphatic heterocycles. The van der Waals surface area contributed by atoms with Crippen LogP contribution >= 0.6 is 0 Å². The van der Waals surface area contributed by atoms with Gasteiger partial charge in [-0.25, -0.2) is 0 Å². The second kappa shape index (κ2) is 4.02. The summed E-state index contributed by atoms with van der Waals surface area (Å²) in [6.45, 7) is 7.49. The van der Waals surface area contributed by atoms with Gasteiger partial charge >= 0.3 is 0 Å². The zero-order chi connectivity index (χ0) is 12.7. The first-order chi connectivity index (χ1) is 7.92. The molecule has 0 bridgehead atoms. The maximum absolute atomic E-state index is 10.2. The van der Waals surface area contributed by atoms with Crippen molar-refractivity contribution in [3.05, 3.63) is 29.3 Å². The van der Waals surface area contributed by atoms with Crippen molar-refractivity contribution in [2.75, 3.05) is 6.54 Å². The minimum atomic E-state index is -0.0271. The Labute approximate surface area is 104 Å². The average Bonchev–Trinajstić information content (AvgIpc) is 2.25. The number of hydrogen-bond acceptors (Lipinski definition) is 2. The van der Waals surface area contributed by atoms with Gasteiger partial charge in [-0.15, -0.1) is 0 Å². The van der Waals surface area contributed by atoms with E-state index in [2.05, 4.69) is 26.8 Å². The first-order valence-corrected chi connectivity index (χ1v) is 6.44. The molecule has 3 N–H and O–H groups in total. The monoisotopic (exact) mass is 233 g/mol. The smallest absolute Gasteiger partial charge is 0.119 e. The second-order valence-electron chi connectivity index (χ2n) is 6.07. The number of rotatable bonds is 2. The molecule has 1 aromatic rings. The second-order valence-corrected chi connectivity index (χ2v) is 6.07. The molecule has 1 aromatic carbocycles. The number of phenolic OH excluding ortho intramolecular Hbond substituents is 1. The van der Waals surface area contributed by atoms with Gasteiger partial charge in [-0.05, 0) is 42.9 Å². The van der Waals surface area contributed by atoms with Crippen LogP contribution in [0, 0.1) is 5.41 Å². The van der Waals surface area contributed by atoms with E-state index in [4.69, 9.17) is 5.73 Å². The molecule has 0 saturated heterocycles. The number of benzene rings is 1. The number of phenols is 1. The van der Waals surface area contributed by atoms with Gasteiger partial charge in [0.15, 0.2) is 0 Å². The van der Waals surface area contributed by atoms with Crippen molar-refractivity contribution in [2.45, 2.75) is 45.4 Å². The molecular weight excluding hydrogens is 210 g/mol. The predicted octanol–water partition coefficient (Wildman–Crippen LogP) is 2.97. The molecule has 0 aromatic heterocycles. The normalized spacial score (nSPS) is 26.6. The molecule has 1 aliphatic rings. The lowest BCUT2D eigenvalue weighted by atomic mass is 9.55. The van der Waals surface area contributed by atoms with Gasteiger partial charge in [-0.2, -0.15) is 0 Å². The highest BCUT2D eigenvalue weighted by atomic mass is 16.3. The van der Waals surface area contributed by atoms with Crippen molar-refractivity contribution in [3.63, 3.8) is 0 Å². The van der Waals surface area contributed by atoms with E-state index in [1.165, 1.54) is 5.56 Å². The van der Waals surface area contributed by atoms with Gasteiger partial charge in [-0.1, -0.05) is 32.9 Å². The molecule has 0 spiro atoms. The highest BCUT2D eigenvalue weighted by Crippen LogP contribution is 2.53. The molecule has 2 rings (SSSR count). The summed E-state index contributed by atoms with van der Waals surface area (Å²) in [5, 5.41) is 10.2. The molecule has 0 saturated carbocycles. The minimum Gasteiger partial charge on any atom is -0.508 e. The molecule has 0 fully saturated rings. The summed E-state index contributed by atoms with van der Waals surface area (Å²) >= 11 is 0. The lowest BCUT2D eigenvalue weighted by Crippen LogP contribution is -2.44. The standard InChI is InChI=1S/C15H23NO/c1-14(2)8-7-11-5-4-6-12(17)13(11)15(14,3)9-10-16/h4-6,17H,7-10,16H2,1-3H3. The van der Waals surface area contributed by atoms with E-state index in [0.717, 1.165) is 24.8 Å². The van der Waals surface area contributed by atoms with E-state index in [-0.39, 0.29) is 10.8 Å². The topological polar surface area (TPSA) is 46.2 Å².